The van der Waals surface area contributed by atoms with Gasteiger partial charge >= 0.3 is 12.0 Å². The summed E-state index contributed by atoms with van der Waals surface area (Å²) in [6.45, 7) is 11.3. The van der Waals surface area contributed by atoms with Gasteiger partial charge in [-0.05, 0) is 36.5 Å². The van der Waals surface area contributed by atoms with Gasteiger partial charge in [-0.15, -0.1) is 0 Å². The molecule has 0 aromatic heterocycles. The molecule has 0 aliphatic heterocycles. The average molecular weight is 508 g/mol. The molecule has 0 radical (unpaired) electrons. The Hall–Kier alpha value is -3.34. The van der Waals surface area contributed by atoms with Gasteiger partial charge in [-0.1, -0.05) is 47.6 Å². The van der Waals surface area contributed by atoms with Crippen LogP contribution in [0.25, 0.3) is 0 Å². The predicted octanol–water partition coefficient (Wildman–Crippen LogP) is 1.99. The fourth-order valence-electron chi connectivity index (χ4n) is 3.29. The summed E-state index contributed by atoms with van der Waals surface area (Å²) >= 11 is 0. The number of nitrogens with one attached hydrogen (secondary N) is 4. The number of phenolic OH excluding ortho intramolecular Hbond substituents is 1. The van der Waals surface area contributed by atoms with Crippen LogP contribution < -0.4 is 27.0 Å². The van der Waals surface area contributed by atoms with E-state index in [1.165, 1.54) is 12.1 Å². The second kappa shape index (κ2) is 14.9. The molecule has 4 amide bonds. The summed E-state index contributed by atoms with van der Waals surface area (Å²) in [5, 5.41) is 21.5. The van der Waals surface area contributed by atoms with Gasteiger partial charge in [0.2, 0.25) is 11.8 Å². The standard InChI is InChI=1S/C25H41N5O6/c1-14(2)21(28-16(5)6)23(33)30-19(8-7-11-27-25(26)35)22(32)29-18-10-9-17(12-20(18)31)13-36-24(34)15(3)4/h9-10,12,14-16,19,21,28,31H,7-8,11,13H2,1-6H3,(H,29,32)(H,30,33)(H3,26,27,35)/t19-,21-/m1/s1. The smallest absolute Gasteiger partial charge is 0.312 e. The summed E-state index contributed by atoms with van der Waals surface area (Å²) < 4.78 is 5.16. The number of urea groups is 1. The topological polar surface area (TPSA) is 172 Å². The summed E-state index contributed by atoms with van der Waals surface area (Å²) in [5.41, 5.74) is 5.79. The molecule has 202 valence electrons. The van der Waals surface area contributed by atoms with Crippen LogP contribution >= 0.6 is 0 Å². The Labute approximate surface area is 212 Å². The monoisotopic (exact) mass is 507 g/mol. The minimum Gasteiger partial charge on any atom is -0.506 e. The maximum Gasteiger partial charge on any atom is 0.312 e. The average Bonchev–Trinajstić information content (AvgIpc) is 2.78. The fourth-order valence-corrected chi connectivity index (χ4v) is 3.29. The number of hydrogen-bond acceptors (Lipinski definition) is 7. The van der Waals surface area contributed by atoms with Crippen LogP contribution in [0.3, 0.4) is 0 Å². The molecule has 0 fully saturated rings. The van der Waals surface area contributed by atoms with Gasteiger partial charge in [0.1, 0.15) is 18.4 Å². The van der Waals surface area contributed by atoms with Gasteiger partial charge in [0.25, 0.3) is 0 Å². The maximum absolute atomic E-state index is 13.1. The quantitative estimate of drug-likeness (QED) is 0.127. The first-order chi connectivity index (χ1) is 16.8. The second-order valence-electron chi connectivity index (χ2n) is 9.64. The van der Waals surface area contributed by atoms with E-state index in [0.717, 1.165) is 0 Å². The number of ether oxygens (including phenoxy) is 1. The van der Waals surface area contributed by atoms with Crippen molar-refractivity contribution in [2.24, 2.45) is 17.6 Å². The number of primary amides is 1. The number of rotatable bonds is 14. The molecule has 7 N–H and O–H groups in total. The van der Waals surface area contributed by atoms with Crippen molar-refractivity contribution in [2.45, 2.75) is 79.1 Å². The van der Waals surface area contributed by atoms with E-state index in [2.05, 4.69) is 21.3 Å². The number of aromatic hydroxyl groups is 1. The first-order valence-electron chi connectivity index (χ1n) is 12.2. The molecule has 11 nitrogen and oxygen atoms in total. The lowest BCUT2D eigenvalue weighted by atomic mass is 10.0. The number of hydrogen-bond donors (Lipinski definition) is 6. The van der Waals surface area contributed by atoms with Crippen molar-refractivity contribution < 1.29 is 29.0 Å². The molecule has 36 heavy (non-hydrogen) atoms. The Morgan fingerprint density at radius 3 is 2.22 bits per heavy atom. The summed E-state index contributed by atoms with van der Waals surface area (Å²) in [6, 6.07) is 2.47. The first-order valence-corrected chi connectivity index (χ1v) is 12.2. The van der Waals surface area contributed by atoms with Crippen molar-refractivity contribution in [2.75, 3.05) is 11.9 Å². The molecule has 1 aromatic carbocycles. The van der Waals surface area contributed by atoms with Crippen molar-refractivity contribution in [3.05, 3.63) is 23.8 Å². The largest absolute Gasteiger partial charge is 0.506 e. The number of anilines is 1. The third kappa shape index (κ3) is 10.9. The molecule has 2 atom stereocenters. The van der Waals surface area contributed by atoms with Crippen molar-refractivity contribution in [1.29, 1.82) is 0 Å². The van der Waals surface area contributed by atoms with Crippen molar-refractivity contribution in [3.8, 4) is 5.75 Å². The molecule has 0 heterocycles. The van der Waals surface area contributed by atoms with Crippen molar-refractivity contribution in [1.82, 2.24) is 16.0 Å². The minimum atomic E-state index is -0.923. The number of nitrogens with two attached hydrogens (primary N) is 1. The molecule has 0 unspecified atom stereocenters. The zero-order chi connectivity index (χ0) is 27.4. The summed E-state index contributed by atoms with van der Waals surface area (Å²) in [4.78, 5) is 48.7. The Morgan fingerprint density at radius 2 is 1.69 bits per heavy atom. The fraction of sp³-hybridized carbons (Fsp3) is 0.600. The van der Waals surface area contributed by atoms with Gasteiger partial charge in [-0.3, -0.25) is 14.4 Å². The van der Waals surface area contributed by atoms with Gasteiger partial charge in [-0.2, -0.15) is 0 Å². The van der Waals surface area contributed by atoms with Crippen molar-refractivity contribution >= 4 is 29.5 Å². The molecule has 0 spiro atoms. The van der Waals surface area contributed by atoms with Crippen LogP contribution in [0.2, 0.25) is 0 Å². The van der Waals surface area contributed by atoms with Crippen LogP contribution in [0.15, 0.2) is 18.2 Å². The predicted molar refractivity (Wildman–Crippen MR) is 137 cm³/mol. The number of benzene rings is 1. The summed E-state index contributed by atoms with van der Waals surface area (Å²) in [7, 11) is 0. The zero-order valence-electron chi connectivity index (χ0n) is 22.0. The molecule has 0 aliphatic carbocycles. The molecule has 0 saturated carbocycles. The van der Waals surface area contributed by atoms with Crippen LogP contribution in [0.5, 0.6) is 5.75 Å². The van der Waals surface area contributed by atoms with Gasteiger partial charge in [0.15, 0.2) is 0 Å². The van der Waals surface area contributed by atoms with Gasteiger partial charge in [-0.25, -0.2) is 4.79 Å². The van der Waals surface area contributed by atoms with Gasteiger partial charge in [0, 0.05) is 12.6 Å². The molecule has 0 saturated heterocycles. The summed E-state index contributed by atoms with van der Waals surface area (Å²) in [5.74, 6) is -1.70. The Bertz CT molecular complexity index is 903. The Balaban J connectivity index is 2.95. The van der Waals surface area contributed by atoms with E-state index < -0.39 is 24.0 Å². The lowest BCUT2D eigenvalue weighted by Crippen LogP contribution is -2.54. The highest BCUT2D eigenvalue weighted by atomic mass is 16.5. The molecule has 0 bridgehead atoms. The van der Waals surface area contributed by atoms with Crippen LogP contribution in [-0.4, -0.2) is 53.6 Å². The van der Waals surface area contributed by atoms with Crippen LogP contribution in [-0.2, 0) is 25.7 Å². The normalized spacial score (nSPS) is 12.8. The second-order valence-corrected chi connectivity index (χ2v) is 9.64. The van der Waals surface area contributed by atoms with E-state index in [-0.39, 0.29) is 60.8 Å². The van der Waals surface area contributed by atoms with E-state index in [9.17, 15) is 24.3 Å². The lowest BCUT2D eigenvalue weighted by molar-refractivity contribution is -0.148. The Kier molecular flexibility index (Phi) is 12.7. The number of carbonyl (C=O) groups excluding carboxylic acids is 4. The minimum absolute atomic E-state index is 0.0101. The highest BCUT2D eigenvalue weighted by molar-refractivity contribution is 5.98. The van der Waals surface area contributed by atoms with Crippen LogP contribution in [0.4, 0.5) is 10.5 Å². The number of phenols is 1. The number of amides is 4. The zero-order valence-corrected chi connectivity index (χ0v) is 22.0. The van der Waals surface area contributed by atoms with E-state index in [1.807, 2.05) is 27.7 Å². The van der Waals surface area contributed by atoms with Crippen molar-refractivity contribution in [3.63, 3.8) is 0 Å². The van der Waals surface area contributed by atoms with E-state index in [1.54, 1.807) is 19.9 Å². The molecule has 0 aliphatic rings. The highest BCUT2D eigenvalue weighted by Crippen LogP contribution is 2.25. The number of esters is 1. The molecule has 1 aromatic rings. The Morgan fingerprint density at radius 1 is 1.03 bits per heavy atom. The molecule has 11 heteroatoms. The van der Waals surface area contributed by atoms with E-state index in [4.69, 9.17) is 10.5 Å². The molecule has 1 rings (SSSR count). The number of carbonyl (C=O) groups is 4. The molecular weight excluding hydrogens is 466 g/mol. The van der Waals surface area contributed by atoms with E-state index in [0.29, 0.717) is 12.0 Å². The van der Waals surface area contributed by atoms with Gasteiger partial charge in [0.05, 0.1) is 17.6 Å². The summed E-state index contributed by atoms with van der Waals surface area (Å²) in [6.07, 6.45) is 0.617. The third-order valence-electron chi connectivity index (χ3n) is 5.24. The highest BCUT2D eigenvalue weighted by Gasteiger charge is 2.28. The first kappa shape index (κ1) is 30.7. The molecular formula is C25H41N5O6. The van der Waals surface area contributed by atoms with E-state index >= 15 is 0 Å². The maximum atomic E-state index is 13.1. The lowest BCUT2D eigenvalue weighted by Gasteiger charge is -2.27. The third-order valence-corrected chi connectivity index (χ3v) is 5.24. The van der Waals surface area contributed by atoms with Crippen LogP contribution in [0, 0.1) is 11.8 Å². The SMILES string of the molecule is CC(C)N[C@@H](C(=O)N[C@H](CCCNC(N)=O)C(=O)Nc1ccc(COC(=O)C(C)C)cc1O)C(C)C. The van der Waals surface area contributed by atoms with Crippen LogP contribution in [0.1, 0.15) is 59.9 Å². The van der Waals surface area contributed by atoms with Gasteiger partial charge < -0.3 is 36.8 Å².